The fourth-order valence-electron chi connectivity index (χ4n) is 4.67. The molecule has 0 bridgehead atoms. The summed E-state index contributed by atoms with van der Waals surface area (Å²) in [5.74, 6) is -2.05. The molecule has 1 atom stereocenters. The highest BCUT2D eigenvalue weighted by Crippen LogP contribution is 2.29. The summed E-state index contributed by atoms with van der Waals surface area (Å²) in [7, 11) is 0. The van der Waals surface area contributed by atoms with Gasteiger partial charge in [0, 0.05) is 30.4 Å². The number of ether oxygens (including phenoxy) is 1. The zero-order chi connectivity index (χ0) is 31.9. The van der Waals surface area contributed by atoms with Crippen LogP contribution in [0.2, 0.25) is 0 Å². The lowest BCUT2D eigenvalue weighted by Crippen LogP contribution is -2.44. The number of aryl methyl sites for hydroxylation is 1. The first-order valence-electron chi connectivity index (χ1n) is 14.3. The maximum absolute atomic E-state index is 13.8. The van der Waals surface area contributed by atoms with Gasteiger partial charge in [-0.05, 0) is 92.3 Å². The Morgan fingerprint density at radius 2 is 1.75 bits per heavy atom. The highest BCUT2D eigenvalue weighted by Gasteiger charge is 2.28. The van der Waals surface area contributed by atoms with E-state index < -0.39 is 29.4 Å². The number of amides is 2. The van der Waals surface area contributed by atoms with Gasteiger partial charge in [-0.15, -0.1) is 0 Å². The highest BCUT2D eigenvalue weighted by atomic mass is 19.1. The predicted molar refractivity (Wildman–Crippen MR) is 169 cm³/mol. The second-order valence-corrected chi connectivity index (χ2v) is 11.6. The number of nitrogens with two attached hydrogens (primary N) is 1. The van der Waals surface area contributed by atoms with Gasteiger partial charge < -0.3 is 20.4 Å². The molecule has 4 rings (SSSR count). The van der Waals surface area contributed by atoms with Crippen molar-refractivity contribution in [1.82, 2.24) is 14.9 Å². The smallest absolute Gasteiger partial charge is 0.329 e. The first-order chi connectivity index (χ1) is 20.9. The van der Waals surface area contributed by atoms with Gasteiger partial charge >= 0.3 is 5.97 Å². The molecule has 0 aliphatic heterocycles. The number of imidazole rings is 1. The molecule has 1 aromatic heterocycles. The Balaban J connectivity index is 1.74. The minimum atomic E-state index is -1.07. The second kappa shape index (κ2) is 13.9. The van der Waals surface area contributed by atoms with E-state index in [1.54, 1.807) is 51.5 Å². The molecule has 0 spiro atoms. The van der Waals surface area contributed by atoms with Crippen LogP contribution in [0.25, 0.3) is 22.8 Å². The Labute approximate surface area is 256 Å². The predicted octanol–water partition coefficient (Wildman–Crippen LogP) is 5.94. The number of rotatable bonds is 11. The number of hydrogen-bond donors (Lipinski definition) is 2. The number of esters is 1. The zero-order valence-corrected chi connectivity index (χ0v) is 25.3. The van der Waals surface area contributed by atoms with Gasteiger partial charge in [0.2, 0.25) is 5.91 Å². The maximum atomic E-state index is 13.8. The largest absolute Gasteiger partial charge is 0.458 e. The Morgan fingerprint density at radius 1 is 1.05 bits per heavy atom. The van der Waals surface area contributed by atoms with Gasteiger partial charge in [-0.3, -0.25) is 9.59 Å². The standard InChI is InChI=1S/C35H37FN4O4/c1-23-20-38-22-40(23)21-27(25-11-13-28(36)14-12-25)18-24-10-15-29(30(19-24)26-8-6-5-7-9-26)33(42)39-31(16-17-32(37)41)34(43)44-35(2,3)4/h5-15,18-20,22,31H,16-17,21H2,1-4H3,(H2,37,41)(H,39,42)/t31-/m0/s1. The van der Waals surface area contributed by atoms with E-state index in [2.05, 4.69) is 10.3 Å². The lowest BCUT2D eigenvalue weighted by molar-refractivity contribution is -0.157. The van der Waals surface area contributed by atoms with Crippen molar-refractivity contribution >= 4 is 29.4 Å². The molecule has 44 heavy (non-hydrogen) atoms. The molecule has 9 heteroatoms. The summed E-state index contributed by atoms with van der Waals surface area (Å²) in [6, 6.07) is 20.1. The van der Waals surface area contributed by atoms with E-state index in [1.807, 2.05) is 60.0 Å². The van der Waals surface area contributed by atoms with Gasteiger partial charge in [0.25, 0.3) is 5.91 Å². The summed E-state index contributed by atoms with van der Waals surface area (Å²) in [5, 5.41) is 2.77. The SMILES string of the molecule is Cc1cncn1CC(=Cc1ccc(C(=O)N[C@@H](CCC(N)=O)C(=O)OC(C)(C)C)c(-c2ccccc2)c1)c1ccc(F)cc1. The Morgan fingerprint density at radius 3 is 2.36 bits per heavy atom. The molecule has 0 aliphatic rings. The highest BCUT2D eigenvalue weighted by molar-refractivity contribution is 6.03. The molecule has 2 amide bonds. The van der Waals surface area contributed by atoms with Gasteiger partial charge in [0.1, 0.15) is 17.5 Å². The van der Waals surface area contributed by atoms with Crippen LogP contribution in [-0.4, -0.2) is 39.0 Å². The van der Waals surface area contributed by atoms with Crippen molar-refractivity contribution in [3.63, 3.8) is 0 Å². The number of carbonyl (C=O) groups is 3. The van der Waals surface area contributed by atoms with Crippen LogP contribution in [0.1, 0.15) is 60.8 Å². The number of allylic oxidation sites excluding steroid dienone is 1. The minimum Gasteiger partial charge on any atom is -0.458 e. The molecule has 4 aromatic rings. The molecule has 0 radical (unpaired) electrons. The average Bonchev–Trinajstić information content (AvgIpc) is 3.38. The monoisotopic (exact) mass is 596 g/mol. The molecular formula is C35H37FN4O4. The molecule has 0 unspecified atom stereocenters. The molecule has 0 saturated heterocycles. The Hall–Kier alpha value is -5.05. The van der Waals surface area contributed by atoms with Crippen molar-refractivity contribution in [3.8, 4) is 11.1 Å². The van der Waals surface area contributed by atoms with E-state index in [-0.39, 0.29) is 18.7 Å². The van der Waals surface area contributed by atoms with Crippen molar-refractivity contribution in [2.75, 3.05) is 0 Å². The van der Waals surface area contributed by atoms with Crippen LogP contribution < -0.4 is 11.1 Å². The third kappa shape index (κ3) is 8.73. The summed E-state index contributed by atoms with van der Waals surface area (Å²) in [4.78, 5) is 42.4. The summed E-state index contributed by atoms with van der Waals surface area (Å²) in [5.41, 5.74) is 9.89. The second-order valence-electron chi connectivity index (χ2n) is 11.6. The molecule has 3 aromatic carbocycles. The van der Waals surface area contributed by atoms with Gasteiger partial charge in [-0.1, -0.05) is 48.5 Å². The van der Waals surface area contributed by atoms with Crippen LogP contribution in [0.4, 0.5) is 4.39 Å². The summed E-state index contributed by atoms with van der Waals surface area (Å²) >= 11 is 0. The quantitative estimate of drug-likeness (QED) is 0.164. The maximum Gasteiger partial charge on any atom is 0.329 e. The van der Waals surface area contributed by atoms with Crippen molar-refractivity contribution in [1.29, 1.82) is 0 Å². The van der Waals surface area contributed by atoms with Crippen LogP contribution in [-0.2, 0) is 20.9 Å². The number of halogens is 1. The van der Waals surface area contributed by atoms with E-state index in [0.29, 0.717) is 17.7 Å². The van der Waals surface area contributed by atoms with Gasteiger partial charge in [-0.2, -0.15) is 0 Å². The van der Waals surface area contributed by atoms with Crippen molar-refractivity contribution in [2.24, 2.45) is 5.73 Å². The van der Waals surface area contributed by atoms with E-state index in [4.69, 9.17) is 10.5 Å². The molecule has 0 aliphatic carbocycles. The van der Waals surface area contributed by atoms with Crippen LogP contribution >= 0.6 is 0 Å². The molecule has 228 valence electrons. The molecule has 1 heterocycles. The fraction of sp³-hybridized carbons (Fsp3) is 0.257. The molecule has 0 saturated carbocycles. The van der Waals surface area contributed by atoms with Gasteiger partial charge in [-0.25, -0.2) is 14.2 Å². The van der Waals surface area contributed by atoms with Crippen molar-refractivity contribution in [2.45, 2.75) is 58.7 Å². The van der Waals surface area contributed by atoms with Gasteiger partial charge in [0.05, 0.1) is 6.33 Å². The van der Waals surface area contributed by atoms with Gasteiger partial charge in [0.15, 0.2) is 0 Å². The number of hydrogen-bond acceptors (Lipinski definition) is 5. The first-order valence-corrected chi connectivity index (χ1v) is 14.3. The van der Waals surface area contributed by atoms with Crippen LogP contribution in [0.5, 0.6) is 0 Å². The average molecular weight is 597 g/mol. The number of benzene rings is 3. The topological polar surface area (TPSA) is 116 Å². The fourth-order valence-corrected chi connectivity index (χ4v) is 4.67. The minimum absolute atomic E-state index is 0.00613. The lowest BCUT2D eigenvalue weighted by Gasteiger charge is -2.24. The number of primary amides is 1. The molecule has 8 nitrogen and oxygen atoms in total. The number of nitrogens with one attached hydrogen (secondary N) is 1. The molecular weight excluding hydrogens is 559 g/mol. The van der Waals surface area contributed by atoms with Crippen molar-refractivity contribution < 1.29 is 23.5 Å². The zero-order valence-electron chi connectivity index (χ0n) is 25.3. The van der Waals surface area contributed by atoms with E-state index in [9.17, 15) is 18.8 Å². The van der Waals surface area contributed by atoms with E-state index >= 15 is 0 Å². The normalized spacial score (nSPS) is 12.4. The van der Waals surface area contributed by atoms with E-state index in [0.717, 1.165) is 28.0 Å². The van der Waals surface area contributed by atoms with Crippen LogP contribution in [0.15, 0.2) is 85.3 Å². The number of aromatic nitrogens is 2. The number of nitrogens with zero attached hydrogens (tertiary/aromatic N) is 2. The molecule has 0 fully saturated rings. The summed E-state index contributed by atoms with van der Waals surface area (Å²) in [6.07, 6.45) is 5.43. The lowest BCUT2D eigenvalue weighted by atomic mass is 9.94. The number of carbonyl (C=O) groups excluding carboxylic acids is 3. The van der Waals surface area contributed by atoms with Crippen LogP contribution in [0.3, 0.4) is 0 Å². The Bertz CT molecular complexity index is 1650. The summed E-state index contributed by atoms with van der Waals surface area (Å²) < 4.78 is 21.3. The summed E-state index contributed by atoms with van der Waals surface area (Å²) in [6.45, 7) is 7.64. The van der Waals surface area contributed by atoms with Crippen LogP contribution in [0, 0.1) is 12.7 Å². The third-order valence-corrected chi connectivity index (χ3v) is 6.87. The Kier molecular flexibility index (Phi) is 10.1. The third-order valence-electron chi connectivity index (χ3n) is 6.87. The van der Waals surface area contributed by atoms with Crippen molar-refractivity contribution in [3.05, 3.63) is 114 Å². The molecule has 3 N–H and O–H groups in total. The first kappa shape index (κ1) is 31.9. The van der Waals surface area contributed by atoms with E-state index in [1.165, 1.54) is 12.1 Å².